The number of hydrogen-bond donors (Lipinski definition) is 0. The minimum absolute atomic E-state index is 0. The van der Waals surface area contributed by atoms with E-state index in [4.69, 9.17) is 9.47 Å². The molecule has 0 spiro atoms. The van der Waals surface area contributed by atoms with Crippen LogP contribution in [0.2, 0.25) is 0 Å². The highest BCUT2D eigenvalue weighted by molar-refractivity contribution is 5.85. The molecule has 0 aliphatic heterocycles. The average Bonchev–Trinajstić information content (AvgIpc) is 3.10. The maximum Gasteiger partial charge on any atom is 0.241 e. The van der Waals surface area contributed by atoms with Crippen LogP contribution in [-0.4, -0.2) is 49.0 Å². The van der Waals surface area contributed by atoms with Gasteiger partial charge >= 0.3 is 0 Å². The van der Waals surface area contributed by atoms with E-state index in [1.165, 1.54) is 0 Å². The van der Waals surface area contributed by atoms with Gasteiger partial charge in [0.1, 0.15) is 5.75 Å². The van der Waals surface area contributed by atoms with Crippen molar-refractivity contribution >= 4 is 12.4 Å². The smallest absolute Gasteiger partial charge is 0.241 e. The zero-order valence-electron chi connectivity index (χ0n) is 16.0. The van der Waals surface area contributed by atoms with Crippen molar-refractivity contribution in [1.29, 1.82) is 0 Å². The fraction of sp³-hybridized carbons (Fsp3) is 0.286. The Bertz CT molecular complexity index is 817. The molecule has 1 heterocycles. The van der Waals surface area contributed by atoms with Gasteiger partial charge in [0.25, 0.3) is 0 Å². The van der Waals surface area contributed by atoms with Crippen molar-refractivity contribution in [3.8, 4) is 28.4 Å². The van der Waals surface area contributed by atoms with Crippen molar-refractivity contribution < 1.29 is 9.47 Å². The summed E-state index contributed by atoms with van der Waals surface area (Å²) in [6.45, 7) is 1.62. The second kappa shape index (κ2) is 10.00. The van der Waals surface area contributed by atoms with Gasteiger partial charge in [-0.2, -0.15) is 0 Å². The van der Waals surface area contributed by atoms with Crippen LogP contribution in [0.3, 0.4) is 0 Å². The molecule has 0 unspecified atom stereocenters. The first-order chi connectivity index (χ1) is 12.7. The van der Waals surface area contributed by atoms with Crippen LogP contribution in [0.4, 0.5) is 0 Å². The molecule has 0 bridgehead atoms. The topological polar surface area (TPSA) is 39.5 Å². The number of aromatic nitrogens is 2. The summed E-state index contributed by atoms with van der Waals surface area (Å²) >= 11 is 0. The minimum Gasteiger partial charge on any atom is -0.497 e. The molecule has 3 rings (SSSR count). The molecule has 0 amide bonds. The Morgan fingerprint density at radius 2 is 1.70 bits per heavy atom. The lowest BCUT2D eigenvalue weighted by molar-refractivity contribution is 0.273. The molecule has 0 N–H and O–H groups in total. The number of rotatable bonds is 8. The average molecular weight is 388 g/mol. The number of ether oxygens (including phenoxy) is 2. The number of benzene rings is 2. The fourth-order valence-corrected chi connectivity index (χ4v) is 2.70. The molecule has 1 aromatic heterocycles. The van der Waals surface area contributed by atoms with Gasteiger partial charge in [0.2, 0.25) is 5.88 Å². The van der Waals surface area contributed by atoms with Gasteiger partial charge in [0.05, 0.1) is 25.0 Å². The van der Waals surface area contributed by atoms with Crippen LogP contribution < -0.4 is 9.47 Å². The monoisotopic (exact) mass is 387 g/mol. The van der Waals surface area contributed by atoms with Crippen molar-refractivity contribution in [3.05, 3.63) is 60.8 Å². The van der Waals surface area contributed by atoms with Crippen molar-refractivity contribution in [1.82, 2.24) is 14.7 Å². The largest absolute Gasteiger partial charge is 0.497 e. The second-order valence-electron chi connectivity index (χ2n) is 6.36. The van der Waals surface area contributed by atoms with Crippen LogP contribution in [0.25, 0.3) is 16.8 Å². The number of nitrogens with zero attached hydrogens (tertiary/aromatic N) is 3. The van der Waals surface area contributed by atoms with E-state index < -0.39 is 0 Å². The van der Waals surface area contributed by atoms with Crippen molar-refractivity contribution in [2.75, 3.05) is 34.4 Å². The lowest BCUT2D eigenvalue weighted by Gasteiger charge is -2.10. The summed E-state index contributed by atoms with van der Waals surface area (Å²) in [5, 5.41) is 4.67. The molecule has 0 radical (unpaired) electrons. The van der Waals surface area contributed by atoms with Gasteiger partial charge in [-0.1, -0.05) is 30.3 Å². The van der Waals surface area contributed by atoms with Crippen LogP contribution >= 0.6 is 12.4 Å². The zero-order valence-corrected chi connectivity index (χ0v) is 16.8. The highest BCUT2D eigenvalue weighted by atomic mass is 35.5. The van der Waals surface area contributed by atoms with Crippen LogP contribution in [0.5, 0.6) is 11.6 Å². The Morgan fingerprint density at radius 3 is 2.33 bits per heavy atom. The van der Waals surface area contributed by atoms with E-state index in [-0.39, 0.29) is 12.4 Å². The molecule has 5 nitrogen and oxygen atoms in total. The lowest BCUT2D eigenvalue weighted by atomic mass is 10.1. The summed E-state index contributed by atoms with van der Waals surface area (Å²) in [6, 6.07) is 18.0. The third-order valence-corrected chi connectivity index (χ3v) is 4.09. The fourth-order valence-electron chi connectivity index (χ4n) is 2.70. The molecule has 0 aliphatic carbocycles. The molecule has 144 valence electrons. The summed E-state index contributed by atoms with van der Waals surface area (Å²) in [5.74, 6) is 1.48. The van der Waals surface area contributed by atoms with E-state index in [0.29, 0.717) is 12.5 Å². The third-order valence-electron chi connectivity index (χ3n) is 4.09. The third kappa shape index (κ3) is 5.49. The lowest BCUT2D eigenvalue weighted by Crippen LogP contribution is -2.15. The number of halogens is 1. The molecule has 27 heavy (non-hydrogen) atoms. The molecule has 0 saturated carbocycles. The van der Waals surface area contributed by atoms with Gasteiger partial charge in [-0.25, -0.2) is 4.68 Å². The Kier molecular flexibility index (Phi) is 7.70. The molecule has 6 heteroatoms. The van der Waals surface area contributed by atoms with Crippen molar-refractivity contribution in [2.45, 2.75) is 6.42 Å². The Labute approximate surface area is 166 Å². The van der Waals surface area contributed by atoms with Gasteiger partial charge in [0, 0.05) is 12.7 Å². The highest BCUT2D eigenvalue weighted by Gasteiger charge is 2.14. The van der Waals surface area contributed by atoms with E-state index in [1.807, 2.05) is 65.5 Å². The first-order valence-electron chi connectivity index (χ1n) is 8.74. The standard InChI is InChI=1S/C21H25N3O2.ClH/c1-23(2)14-7-15-26-21-20(17-10-12-19(25-3)13-11-17)16-24(22-21)18-8-5-4-6-9-18;/h4-6,8-13,16H,7,14-15H2,1-3H3;1H. The van der Waals surface area contributed by atoms with E-state index in [1.54, 1.807) is 7.11 Å². The van der Waals surface area contributed by atoms with Crippen molar-refractivity contribution in [2.24, 2.45) is 0 Å². The number of methoxy groups -OCH3 is 1. The van der Waals surface area contributed by atoms with Crippen LogP contribution in [0.1, 0.15) is 6.42 Å². The van der Waals surface area contributed by atoms with Gasteiger partial charge < -0.3 is 14.4 Å². The molecule has 0 aliphatic rings. The molecular formula is C21H26ClN3O2. The normalized spacial score (nSPS) is 10.5. The van der Waals surface area contributed by atoms with Gasteiger partial charge in [-0.3, -0.25) is 0 Å². The zero-order chi connectivity index (χ0) is 18.4. The maximum atomic E-state index is 6.01. The van der Waals surface area contributed by atoms with Gasteiger partial charge in [-0.15, -0.1) is 17.5 Å². The van der Waals surface area contributed by atoms with Crippen LogP contribution in [0.15, 0.2) is 60.8 Å². The predicted molar refractivity (Wildman–Crippen MR) is 111 cm³/mol. The van der Waals surface area contributed by atoms with Crippen molar-refractivity contribution in [3.63, 3.8) is 0 Å². The Morgan fingerprint density at radius 1 is 1.00 bits per heavy atom. The van der Waals surface area contributed by atoms with E-state index in [9.17, 15) is 0 Å². The molecule has 0 saturated heterocycles. The summed E-state index contributed by atoms with van der Waals surface area (Å²) in [6.07, 6.45) is 2.96. The maximum absolute atomic E-state index is 6.01. The summed E-state index contributed by atoms with van der Waals surface area (Å²) in [7, 11) is 5.79. The first-order valence-corrected chi connectivity index (χ1v) is 8.74. The van der Waals surface area contributed by atoms with Gasteiger partial charge in [0.15, 0.2) is 0 Å². The minimum atomic E-state index is 0. The Hall–Kier alpha value is -2.50. The molecule has 3 aromatic rings. The van der Waals surface area contributed by atoms with E-state index in [0.717, 1.165) is 35.5 Å². The van der Waals surface area contributed by atoms with Crippen LogP contribution in [0, 0.1) is 0 Å². The predicted octanol–water partition coefficient (Wildman–Crippen LogP) is 4.30. The molecular weight excluding hydrogens is 362 g/mol. The first kappa shape index (κ1) is 20.8. The second-order valence-corrected chi connectivity index (χ2v) is 6.36. The Balaban J connectivity index is 0.00000261. The molecule has 0 fully saturated rings. The summed E-state index contributed by atoms with van der Waals surface area (Å²) in [5.41, 5.74) is 3.03. The van der Waals surface area contributed by atoms with Gasteiger partial charge in [-0.05, 0) is 50.3 Å². The molecule has 0 atom stereocenters. The van der Waals surface area contributed by atoms with E-state index >= 15 is 0 Å². The summed E-state index contributed by atoms with van der Waals surface area (Å²) in [4.78, 5) is 2.15. The quantitative estimate of drug-likeness (QED) is 0.540. The number of para-hydroxylation sites is 1. The highest BCUT2D eigenvalue weighted by Crippen LogP contribution is 2.31. The molecule has 2 aromatic carbocycles. The number of hydrogen-bond acceptors (Lipinski definition) is 4. The van der Waals surface area contributed by atoms with Crippen LogP contribution in [-0.2, 0) is 0 Å². The van der Waals surface area contributed by atoms with E-state index in [2.05, 4.69) is 24.1 Å². The summed E-state index contributed by atoms with van der Waals surface area (Å²) < 4.78 is 13.1. The SMILES string of the molecule is COc1ccc(-c2cn(-c3ccccc3)nc2OCCCN(C)C)cc1.Cl.